The Kier molecular flexibility index (Phi) is 4.31. The number of piperidine rings is 1. The Morgan fingerprint density at radius 1 is 1.03 bits per heavy atom. The van der Waals surface area contributed by atoms with Crippen LogP contribution in [0, 0.1) is 0 Å². The van der Waals surface area contributed by atoms with E-state index in [1.807, 2.05) is 24.3 Å². The minimum absolute atomic E-state index is 0.0913. The van der Waals surface area contributed by atoms with E-state index in [1.165, 1.54) is 0 Å². The van der Waals surface area contributed by atoms with E-state index >= 15 is 0 Å². The van der Waals surface area contributed by atoms with Gasteiger partial charge in [0.15, 0.2) is 0 Å². The molecule has 29 heavy (non-hydrogen) atoms. The van der Waals surface area contributed by atoms with Crippen molar-refractivity contribution in [1.82, 2.24) is 29.9 Å². The summed E-state index contributed by atoms with van der Waals surface area (Å²) in [6, 6.07) is 15.0. The Morgan fingerprint density at radius 3 is 2.55 bits per heavy atom. The van der Waals surface area contributed by atoms with E-state index in [0.717, 1.165) is 34.4 Å². The molecule has 2 aromatic carbocycles. The van der Waals surface area contributed by atoms with Gasteiger partial charge in [-0.25, -0.2) is 9.67 Å². The Morgan fingerprint density at radius 2 is 1.76 bits per heavy atom. The fourth-order valence-corrected chi connectivity index (χ4v) is 3.92. The van der Waals surface area contributed by atoms with E-state index in [4.69, 9.17) is 4.98 Å². The maximum atomic E-state index is 12.7. The first kappa shape index (κ1) is 17.5. The van der Waals surface area contributed by atoms with E-state index in [9.17, 15) is 9.59 Å². The second-order valence-corrected chi connectivity index (χ2v) is 7.36. The maximum absolute atomic E-state index is 12.7. The average Bonchev–Trinajstić information content (AvgIpc) is 3.20. The summed E-state index contributed by atoms with van der Waals surface area (Å²) in [7, 11) is 0. The van der Waals surface area contributed by atoms with Crippen molar-refractivity contribution in [2.24, 2.45) is 0 Å². The zero-order valence-electron chi connectivity index (χ0n) is 15.8. The molecule has 1 fully saturated rings. The smallest absolute Gasteiger partial charge is 0.278 e. The normalized spacial score (nSPS) is 15.2. The quantitative estimate of drug-likeness (QED) is 0.580. The molecule has 1 aliphatic heterocycles. The lowest BCUT2D eigenvalue weighted by molar-refractivity contribution is -0.133. The van der Waals surface area contributed by atoms with Crippen LogP contribution in [0.5, 0.6) is 0 Å². The number of nitrogens with one attached hydrogen (secondary N) is 1. The van der Waals surface area contributed by atoms with Crippen molar-refractivity contribution in [3.05, 3.63) is 64.7 Å². The van der Waals surface area contributed by atoms with E-state index in [2.05, 4.69) is 15.3 Å². The number of aromatic nitrogens is 5. The van der Waals surface area contributed by atoms with Crippen molar-refractivity contribution < 1.29 is 4.79 Å². The van der Waals surface area contributed by atoms with E-state index in [-0.39, 0.29) is 18.0 Å². The molecule has 8 nitrogen and oxygen atoms in total. The summed E-state index contributed by atoms with van der Waals surface area (Å²) in [5, 5.41) is 8.43. The fraction of sp³-hybridized carbons (Fsp3) is 0.286. The monoisotopic (exact) mass is 388 g/mol. The number of nitrogens with zero attached hydrogens (tertiary/aromatic N) is 5. The molecule has 8 heteroatoms. The van der Waals surface area contributed by atoms with Crippen LogP contribution in [0.3, 0.4) is 0 Å². The number of rotatable bonds is 3. The highest BCUT2D eigenvalue weighted by Crippen LogP contribution is 2.27. The number of fused-ring (bicyclic) bond motifs is 2. The van der Waals surface area contributed by atoms with Crippen molar-refractivity contribution in [3.8, 4) is 0 Å². The number of aromatic amines is 1. The predicted octanol–water partition coefficient (Wildman–Crippen LogP) is 2.07. The van der Waals surface area contributed by atoms with Crippen molar-refractivity contribution in [1.29, 1.82) is 0 Å². The average molecular weight is 388 g/mol. The first-order valence-corrected chi connectivity index (χ1v) is 9.74. The van der Waals surface area contributed by atoms with Gasteiger partial charge in [-0.3, -0.25) is 9.59 Å². The zero-order chi connectivity index (χ0) is 19.8. The first-order valence-electron chi connectivity index (χ1n) is 9.74. The van der Waals surface area contributed by atoms with Crippen molar-refractivity contribution in [2.75, 3.05) is 13.1 Å². The Hall–Kier alpha value is -3.55. The van der Waals surface area contributed by atoms with Gasteiger partial charge in [0.2, 0.25) is 5.91 Å². The highest BCUT2D eigenvalue weighted by atomic mass is 16.2. The van der Waals surface area contributed by atoms with Gasteiger partial charge in [0.05, 0.1) is 16.4 Å². The number of benzene rings is 2. The van der Waals surface area contributed by atoms with Crippen LogP contribution in [-0.4, -0.2) is 48.9 Å². The van der Waals surface area contributed by atoms with Crippen LogP contribution < -0.4 is 5.56 Å². The van der Waals surface area contributed by atoms with Crippen LogP contribution in [0.15, 0.2) is 53.3 Å². The third-order valence-corrected chi connectivity index (χ3v) is 5.56. The number of para-hydroxylation sites is 2. The predicted molar refractivity (Wildman–Crippen MR) is 108 cm³/mol. The number of imidazole rings is 1. The van der Waals surface area contributed by atoms with Crippen LogP contribution in [-0.2, 0) is 11.3 Å². The summed E-state index contributed by atoms with van der Waals surface area (Å²) in [5.74, 6) is 1.17. The number of carbonyl (C=O) groups excluding carboxylic acids is 1. The van der Waals surface area contributed by atoms with Gasteiger partial charge in [0.25, 0.3) is 5.56 Å². The number of H-pyrrole nitrogens is 1. The SMILES string of the molecule is O=C(Cn1nnc2ccccc2c1=O)N1CCC(c2nc3ccccc3[nH]2)CC1. The van der Waals surface area contributed by atoms with Gasteiger partial charge >= 0.3 is 0 Å². The maximum Gasteiger partial charge on any atom is 0.278 e. The van der Waals surface area contributed by atoms with Gasteiger partial charge in [0, 0.05) is 19.0 Å². The molecule has 1 saturated heterocycles. The topological polar surface area (TPSA) is 96.8 Å². The van der Waals surface area contributed by atoms with Gasteiger partial charge in [-0.15, -0.1) is 5.10 Å². The van der Waals surface area contributed by atoms with Gasteiger partial charge in [-0.05, 0) is 37.1 Å². The molecule has 146 valence electrons. The third kappa shape index (κ3) is 3.26. The van der Waals surface area contributed by atoms with Gasteiger partial charge in [0.1, 0.15) is 17.9 Å². The molecule has 2 aromatic heterocycles. The highest BCUT2D eigenvalue weighted by molar-refractivity contribution is 5.78. The molecule has 5 rings (SSSR count). The summed E-state index contributed by atoms with van der Waals surface area (Å²) in [4.78, 5) is 35.1. The third-order valence-electron chi connectivity index (χ3n) is 5.56. The second-order valence-electron chi connectivity index (χ2n) is 7.36. The van der Waals surface area contributed by atoms with Crippen LogP contribution in [0.4, 0.5) is 0 Å². The molecule has 1 N–H and O–H groups in total. The lowest BCUT2D eigenvalue weighted by atomic mass is 9.96. The number of likely N-dealkylation sites (tertiary alicyclic amines) is 1. The fourth-order valence-electron chi connectivity index (χ4n) is 3.92. The van der Waals surface area contributed by atoms with Crippen LogP contribution in [0.1, 0.15) is 24.6 Å². The van der Waals surface area contributed by atoms with Crippen LogP contribution in [0.25, 0.3) is 21.9 Å². The molecule has 0 bridgehead atoms. The van der Waals surface area contributed by atoms with Gasteiger partial charge in [-0.1, -0.05) is 29.5 Å². The number of carbonyl (C=O) groups is 1. The van der Waals surface area contributed by atoms with Crippen molar-refractivity contribution in [2.45, 2.75) is 25.3 Å². The first-order chi connectivity index (χ1) is 14.2. The minimum atomic E-state index is -0.291. The van der Waals surface area contributed by atoms with Crippen LogP contribution >= 0.6 is 0 Å². The second kappa shape index (κ2) is 7.12. The highest BCUT2D eigenvalue weighted by Gasteiger charge is 2.26. The Balaban J connectivity index is 1.27. The summed E-state index contributed by atoms with van der Waals surface area (Å²) >= 11 is 0. The van der Waals surface area contributed by atoms with Crippen LogP contribution in [0.2, 0.25) is 0 Å². The van der Waals surface area contributed by atoms with Gasteiger partial charge < -0.3 is 9.88 Å². The Bertz CT molecular complexity index is 1220. The summed E-state index contributed by atoms with van der Waals surface area (Å²) < 4.78 is 1.15. The molecular weight excluding hydrogens is 368 g/mol. The lowest BCUT2D eigenvalue weighted by Crippen LogP contribution is -2.42. The summed E-state index contributed by atoms with van der Waals surface area (Å²) in [5.41, 5.74) is 2.25. The van der Waals surface area contributed by atoms with Crippen molar-refractivity contribution >= 4 is 27.8 Å². The molecule has 0 radical (unpaired) electrons. The molecular formula is C21H20N6O2. The number of amides is 1. The molecule has 0 saturated carbocycles. The zero-order valence-corrected chi connectivity index (χ0v) is 15.8. The standard InChI is InChI=1S/C21H20N6O2/c28-19(13-27-21(29)15-5-1-2-6-16(15)24-25-27)26-11-9-14(10-12-26)20-22-17-7-3-4-8-18(17)23-20/h1-8,14H,9-13H2,(H,22,23). The van der Waals surface area contributed by atoms with Gasteiger partial charge in [-0.2, -0.15) is 0 Å². The van der Waals surface area contributed by atoms with E-state index < -0.39 is 0 Å². The molecule has 1 aliphatic rings. The number of hydrogen-bond donors (Lipinski definition) is 1. The minimum Gasteiger partial charge on any atom is -0.342 e. The number of hydrogen-bond acceptors (Lipinski definition) is 5. The molecule has 0 spiro atoms. The summed E-state index contributed by atoms with van der Waals surface area (Å²) in [6.45, 7) is 1.18. The summed E-state index contributed by atoms with van der Waals surface area (Å²) in [6.07, 6.45) is 1.67. The molecule has 4 aromatic rings. The molecule has 0 unspecified atom stereocenters. The van der Waals surface area contributed by atoms with E-state index in [0.29, 0.717) is 29.9 Å². The Labute approximate surface area is 166 Å². The largest absolute Gasteiger partial charge is 0.342 e. The molecule has 0 aliphatic carbocycles. The lowest BCUT2D eigenvalue weighted by Gasteiger charge is -2.31. The molecule has 3 heterocycles. The molecule has 0 atom stereocenters. The van der Waals surface area contributed by atoms with Crippen molar-refractivity contribution in [3.63, 3.8) is 0 Å². The van der Waals surface area contributed by atoms with E-state index in [1.54, 1.807) is 29.2 Å². The molecule has 1 amide bonds.